The summed E-state index contributed by atoms with van der Waals surface area (Å²) < 4.78 is 10.8. The Morgan fingerprint density at radius 1 is 1.71 bits per heavy atom. The van der Waals surface area contributed by atoms with E-state index in [9.17, 15) is 4.79 Å². The van der Waals surface area contributed by atoms with Crippen molar-refractivity contribution in [3.8, 4) is 0 Å². The lowest BCUT2D eigenvalue weighted by atomic mass is 10.3. The fraction of sp³-hybridized carbons (Fsp3) is 0.778. The van der Waals surface area contributed by atoms with Crippen LogP contribution in [0.5, 0.6) is 0 Å². The second-order valence-electron chi connectivity index (χ2n) is 3.57. The summed E-state index contributed by atoms with van der Waals surface area (Å²) in [5, 5.41) is 2.61. The standard InChI is InChI=1S/C9H14N2O3/c1-9(2)13-6-7(14-9)4-11-8(12)5-10-3/h7H,4-6H2,1-2H3,(H,11,12). The van der Waals surface area contributed by atoms with Crippen LogP contribution in [0.15, 0.2) is 0 Å². The van der Waals surface area contributed by atoms with Crippen molar-refractivity contribution >= 4 is 5.91 Å². The molecule has 0 spiro atoms. The van der Waals surface area contributed by atoms with Gasteiger partial charge in [0.05, 0.1) is 6.61 Å². The molecule has 0 aromatic heterocycles. The number of nitrogens with one attached hydrogen (secondary N) is 1. The molecule has 0 saturated carbocycles. The van der Waals surface area contributed by atoms with E-state index in [0.717, 1.165) is 0 Å². The summed E-state index contributed by atoms with van der Waals surface area (Å²) in [4.78, 5) is 13.9. The molecule has 1 N–H and O–H groups in total. The molecule has 1 atom stereocenters. The smallest absolute Gasteiger partial charge is 0.300 e. The van der Waals surface area contributed by atoms with Crippen LogP contribution in [0.1, 0.15) is 13.8 Å². The molecule has 1 fully saturated rings. The molecule has 14 heavy (non-hydrogen) atoms. The van der Waals surface area contributed by atoms with Crippen LogP contribution in [0.4, 0.5) is 0 Å². The number of amides is 1. The van der Waals surface area contributed by atoms with Gasteiger partial charge >= 0.3 is 0 Å². The lowest BCUT2D eigenvalue weighted by molar-refractivity contribution is -0.139. The summed E-state index contributed by atoms with van der Waals surface area (Å²) in [7, 11) is 0. The van der Waals surface area contributed by atoms with Gasteiger partial charge in [0.15, 0.2) is 5.79 Å². The van der Waals surface area contributed by atoms with Crippen molar-refractivity contribution in [3.63, 3.8) is 0 Å². The minimum absolute atomic E-state index is 0.111. The Kier molecular flexibility index (Phi) is 3.44. The molecule has 0 aliphatic carbocycles. The summed E-state index contributed by atoms with van der Waals surface area (Å²) in [6.07, 6.45) is -0.111. The quantitative estimate of drug-likeness (QED) is 0.658. The Bertz CT molecular complexity index is 257. The van der Waals surface area contributed by atoms with Crippen molar-refractivity contribution in [2.75, 3.05) is 19.7 Å². The minimum atomic E-state index is -0.560. The molecule has 5 heteroatoms. The Labute approximate surface area is 83.2 Å². The molecular weight excluding hydrogens is 184 g/mol. The third-order valence-electron chi connectivity index (χ3n) is 1.82. The highest BCUT2D eigenvalue weighted by Gasteiger charge is 2.32. The Morgan fingerprint density at radius 2 is 2.43 bits per heavy atom. The van der Waals surface area contributed by atoms with Crippen LogP contribution in [-0.2, 0) is 14.3 Å². The average molecular weight is 198 g/mol. The maximum Gasteiger partial charge on any atom is 0.300 e. The van der Waals surface area contributed by atoms with E-state index in [1.807, 2.05) is 13.8 Å². The molecule has 0 bridgehead atoms. The minimum Gasteiger partial charge on any atom is -0.348 e. The number of hydrogen-bond donors (Lipinski definition) is 1. The van der Waals surface area contributed by atoms with Gasteiger partial charge in [-0.3, -0.25) is 4.79 Å². The van der Waals surface area contributed by atoms with E-state index in [2.05, 4.69) is 10.2 Å². The van der Waals surface area contributed by atoms with Crippen molar-refractivity contribution < 1.29 is 14.3 Å². The summed E-state index contributed by atoms with van der Waals surface area (Å²) in [6.45, 7) is 10.9. The lowest BCUT2D eigenvalue weighted by Gasteiger charge is -2.16. The number of hydrogen-bond acceptors (Lipinski definition) is 3. The molecule has 1 aliphatic heterocycles. The fourth-order valence-electron chi connectivity index (χ4n) is 1.22. The highest BCUT2D eigenvalue weighted by atomic mass is 16.7. The van der Waals surface area contributed by atoms with Gasteiger partial charge in [0.25, 0.3) is 12.5 Å². The lowest BCUT2D eigenvalue weighted by Crippen LogP contribution is -2.35. The van der Waals surface area contributed by atoms with Gasteiger partial charge in [-0.15, -0.1) is 0 Å². The number of carbonyl (C=O) groups is 1. The number of nitrogens with zero attached hydrogens (tertiary/aromatic N) is 1. The molecular formula is C9H14N2O3. The maximum atomic E-state index is 10.9. The van der Waals surface area contributed by atoms with E-state index in [1.165, 1.54) is 0 Å². The molecule has 1 unspecified atom stereocenters. The number of ether oxygens (including phenoxy) is 2. The van der Waals surface area contributed by atoms with Gasteiger partial charge in [0.1, 0.15) is 6.10 Å². The van der Waals surface area contributed by atoms with Crippen LogP contribution in [0, 0.1) is 6.57 Å². The van der Waals surface area contributed by atoms with Crippen LogP contribution in [-0.4, -0.2) is 37.5 Å². The summed E-state index contributed by atoms with van der Waals surface area (Å²) in [5.41, 5.74) is 0. The summed E-state index contributed by atoms with van der Waals surface area (Å²) >= 11 is 0. The monoisotopic (exact) mass is 198 g/mol. The molecule has 1 saturated heterocycles. The zero-order valence-corrected chi connectivity index (χ0v) is 8.37. The molecule has 1 rings (SSSR count). The van der Waals surface area contributed by atoms with E-state index in [0.29, 0.717) is 13.2 Å². The van der Waals surface area contributed by atoms with Gasteiger partial charge in [-0.1, -0.05) is 0 Å². The summed E-state index contributed by atoms with van der Waals surface area (Å²) in [6, 6.07) is 0. The van der Waals surface area contributed by atoms with Gasteiger partial charge in [0.2, 0.25) is 0 Å². The molecule has 1 aliphatic rings. The maximum absolute atomic E-state index is 10.9. The largest absolute Gasteiger partial charge is 0.348 e. The van der Waals surface area contributed by atoms with Gasteiger partial charge in [-0.2, -0.15) is 0 Å². The average Bonchev–Trinajstić information content (AvgIpc) is 2.43. The normalized spacial score (nSPS) is 24.2. The van der Waals surface area contributed by atoms with Crippen LogP contribution in [0.25, 0.3) is 4.85 Å². The van der Waals surface area contributed by atoms with Crippen LogP contribution in [0.3, 0.4) is 0 Å². The van der Waals surface area contributed by atoms with Crippen molar-refractivity contribution in [3.05, 3.63) is 11.4 Å². The second-order valence-corrected chi connectivity index (χ2v) is 3.57. The first-order chi connectivity index (χ1) is 6.53. The van der Waals surface area contributed by atoms with E-state index < -0.39 is 5.79 Å². The topological polar surface area (TPSA) is 51.9 Å². The molecule has 0 aromatic rings. The van der Waals surface area contributed by atoms with E-state index in [-0.39, 0.29) is 18.6 Å². The zero-order chi connectivity index (χ0) is 10.6. The molecule has 1 heterocycles. The third-order valence-corrected chi connectivity index (χ3v) is 1.82. The Balaban J connectivity index is 2.21. The number of rotatable bonds is 3. The van der Waals surface area contributed by atoms with Crippen LogP contribution in [0.2, 0.25) is 0 Å². The van der Waals surface area contributed by atoms with Gasteiger partial charge in [0, 0.05) is 6.54 Å². The van der Waals surface area contributed by atoms with Crippen molar-refractivity contribution in [1.82, 2.24) is 5.32 Å². The van der Waals surface area contributed by atoms with E-state index >= 15 is 0 Å². The first kappa shape index (κ1) is 11.0. The van der Waals surface area contributed by atoms with Crippen molar-refractivity contribution in [2.45, 2.75) is 25.7 Å². The molecule has 5 nitrogen and oxygen atoms in total. The Hall–Kier alpha value is -1.12. The predicted molar refractivity (Wildman–Crippen MR) is 49.4 cm³/mol. The van der Waals surface area contributed by atoms with Crippen LogP contribution < -0.4 is 5.32 Å². The predicted octanol–water partition coefficient (Wildman–Crippen LogP) is 0.173. The van der Waals surface area contributed by atoms with Gasteiger partial charge in [-0.25, -0.2) is 6.57 Å². The molecule has 0 aromatic carbocycles. The first-order valence-corrected chi connectivity index (χ1v) is 4.45. The molecule has 78 valence electrons. The zero-order valence-electron chi connectivity index (χ0n) is 8.37. The third kappa shape index (κ3) is 3.32. The fourth-order valence-corrected chi connectivity index (χ4v) is 1.22. The second kappa shape index (κ2) is 4.40. The highest BCUT2D eigenvalue weighted by Crippen LogP contribution is 2.21. The molecule has 0 radical (unpaired) electrons. The summed E-state index contributed by atoms with van der Waals surface area (Å²) in [5.74, 6) is -0.830. The molecule has 1 amide bonds. The van der Waals surface area contributed by atoms with Gasteiger partial charge < -0.3 is 19.6 Å². The number of carbonyl (C=O) groups excluding carboxylic acids is 1. The Morgan fingerprint density at radius 3 is 2.93 bits per heavy atom. The first-order valence-electron chi connectivity index (χ1n) is 4.45. The van der Waals surface area contributed by atoms with E-state index in [1.54, 1.807) is 0 Å². The van der Waals surface area contributed by atoms with Crippen molar-refractivity contribution in [2.24, 2.45) is 0 Å². The highest BCUT2D eigenvalue weighted by molar-refractivity contribution is 5.79. The van der Waals surface area contributed by atoms with E-state index in [4.69, 9.17) is 16.0 Å². The van der Waals surface area contributed by atoms with Crippen molar-refractivity contribution in [1.29, 1.82) is 0 Å². The SMILES string of the molecule is [C-]#[N+]CC(=O)NCC1COC(C)(C)O1. The van der Waals surface area contributed by atoms with Crippen LogP contribution >= 0.6 is 0 Å². The van der Waals surface area contributed by atoms with Gasteiger partial charge in [-0.05, 0) is 13.8 Å².